The molecule has 0 amide bonds. The summed E-state index contributed by atoms with van der Waals surface area (Å²) in [5.41, 5.74) is 0. The summed E-state index contributed by atoms with van der Waals surface area (Å²) in [4.78, 5) is 18.2. The molecule has 0 bridgehead atoms. The van der Waals surface area contributed by atoms with Gasteiger partial charge in [0.1, 0.15) is 24.2 Å². The van der Waals surface area contributed by atoms with Crippen molar-refractivity contribution in [1.29, 1.82) is 0 Å². The number of H-pyrrole nitrogens is 2. The number of hydrogen-bond donors (Lipinski definition) is 2. The molecule has 0 saturated heterocycles. The molecule has 0 aliphatic rings. The number of hydrogen-bond acceptors (Lipinski definition) is 7. The van der Waals surface area contributed by atoms with E-state index >= 15 is 0 Å². The van der Waals surface area contributed by atoms with Gasteiger partial charge in [0.2, 0.25) is 0 Å². The van der Waals surface area contributed by atoms with Gasteiger partial charge in [0.15, 0.2) is 5.89 Å². The molecular formula is C24H49N7OS. The van der Waals surface area contributed by atoms with E-state index in [0.29, 0.717) is 0 Å². The van der Waals surface area contributed by atoms with Crippen molar-refractivity contribution >= 4 is 11.3 Å². The van der Waals surface area contributed by atoms with Crippen LogP contribution in [0.3, 0.4) is 0 Å². The van der Waals surface area contributed by atoms with Crippen molar-refractivity contribution in [1.82, 2.24) is 35.1 Å². The Morgan fingerprint density at radius 3 is 1.45 bits per heavy atom. The van der Waals surface area contributed by atoms with Crippen LogP contribution in [-0.2, 0) is 0 Å². The highest BCUT2D eigenvalue weighted by Crippen LogP contribution is 1.98. The van der Waals surface area contributed by atoms with Gasteiger partial charge in [-0.1, -0.05) is 62.8 Å². The maximum Gasteiger partial charge on any atom is 0.190 e. The number of aromatic nitrogens is 7. The Labute approximate surface area is 206 Å². The first kappa shape index (κ1) is 40.5. The summed E-state index contributed by atoms with van der Waals surface area (Å²) < 4.78 is 4.72. The minimum Gasteiger partial charge on any atom is -0.449 e. The van der Waals surface area contributed by atoms with Crippen LogP contribution in [0.5, 0.6) is 0 Å². The van der Waals surface area contributed by atoms with E-state index < -0.39 is 0 Å². The number of nitrogens with zero attached hydrogens (tertiary/aromatic N) is 5. The molecule has 0 aliphatic carbocycles. The molecule has 9 heteroatoms. The van der Waals surface area contributed by atoms with E-state index in [1.165, 1.54) is 6.33 Å². The van der Waals surface area contributed by atoms with E-state index in [4.69, 9.17) is 4.42 Å². The molecule has 0 atom stereocenters. The topological polar surface area (TPSA) is 109 Å². The van der Waals surface area contributed by atoms with Crippen LogP contribution in [0.15, 0.2) is 47.2 Å². The molecule has 2 N–H and O–H groups in total. The molecule has 0 spiro atoms. The lowest BCUT2D eigenvalue weighted by Crippen LogP contribution is -1.68. The van der Waals surface area contributed by atoms with E-state index in [0.717, 1.165) is 22.5 Å². The quantitative estimate of drug-likeness (QED) is 0.262. The fourth-order valence-electron chi connectivity index (χ4n) is 1.20. The van der Waals surface area contributed by atoms with Crippen LogP contribution < -0.4 is 0 Å². The number of rotatable bonds is 0. The van der Waals surface area contributed by atoms with Crippen LogP contribution in [-0.4, -0.2) is 35.1 Å². The van der Waals surface area contributed by atoms with Gasteiger partial charge in [0, 0.05) is 30.9 Å². The number of aryl methyl sites for hydroxylation is 4. The van der Waals surface area contributed by atoms with Gasteiger partial charge < -0.3 is 9.40 Å². The minimum absolute atomic E-state index is 0. The van der Waals surface area contributed by atoms with Gasteiger partial charge in [-0.05, 0) is 20.8 Å². The maximum absolute atomic E-state index is 4.72. The minimum atomic E-state index is 0. The van der Waals surface area contributed by atoms with E-state index in [-0.39, 0.29) is 7.43 Å². The molecule has 4 rings (SSSR count). The number of nitrogens with one attached hydrogen (secondary N) is 2. The van der Waals surface area contributed by atoms with Gasteiger partial charge in [0.05, 0.1) is 11.2 Å². The number of oxazole rings is 1. The molecule has 0 aromatic carbocycles. The molecule has 33 heavy (non-hydrogen) atoms. The second kappa shape index (κ2) is 36.6. The summed E-state index contributed by atoms with van der Waals surface area (Å²) in [5, 5.41) is 9.33. The van der Waals surface area contributed by atoms with Crippen molar-refractivity contribution in [3.63, 3.8) is 0 Å². The van der Waals surface area contributed by atoms with Crippen molar-refractivity contribution in [2.75, 3.05) is 0 Å². The van der Waals surface area contributed by atoms with Gasteiger partial charge in [-0.3, -0.25) is 10.1 Å². The molecule has 4 aromatic rings. The zero-order chi connectivity index (χ0) is 25.6. The first-order valence-electron chi connectivity index (χ1n) is 11.1. The normalized spacial score (nSPS) is 7.15. The van der Waals surface area contributed by atoms with Gasteiger partial charge in [-0.15, -0.1) is 11.3 Å². The van der Waals surface area contributed by atoms with Crippen molar-refractivity contribution in [3.8, 4) is 0 Å². The first-order valence-corrected chi connectivity index (χ1v) is 12.0. The monoisotopic (exact) mass is 483 g/mol. The van der Waals surface area contributed by atoms with Gasteiger partial charge in [-0.2, -0.15) is 5.10 Å². The van der Waals surface area contributed by atoms with Crippen LogP contribution in [0.2, 0.25) is 0 Å². The molecule has 8 nitrogen and oxygen atoms in total. The molecule has 0 saturated carbocycles. The van der Waals surface area contributed by atoms with Gasteiger partial charge in [0.25, 0.3) is 0 Å². The predicted molar refractivity (Wildman–Crippen MR) is 145 cm³/mol. The average molecular weight is 484 g/mol. The zero-order valence-corrected chi connectivity index (χ0v) is 22.9. The second-order valence-electron chi connectivity index (χ2n) is 4.35. The van der Waals surface area contributed by atoms with E-state index in [2.05, 4.69) is 35.1 Å². The Kier molecular flexibility index (Phi) is 44.9. The average Bonchev–Trinajstić information content (AvgIpc) is 3.67. The molecule has 0 fully saturated rings. The van der Waals surface area contributed by atoms with Crippen molar-refractivity contribution in [2.45, 2.75) is 90.5 Å². The highest BCUT2D eigenvalue weighted by atomic mass is 32.1. The fourth-order valence-corrected chi connectivity index (χ4v) is 1.64. The largest absolute Gasteiger partial charge is 0.449 e. The Morgan fingerprint density at radius 1 is 0.727 bits per heavy atom. The van der Waals surface area contributed by atoms with E-state index in [9.17, 15) is 0 Å². The third-order valence-electron chi connectivity index (χ3n) is 2.28. The predicted octanol–water partition coefficient (Wildman–Crippen LogP) is 8.01. The van der Waals surface area contributed by atoms with Crippen LogP contribution in [0, 0.1) is 27.7 Å². The molecule has 0 aliphatic heterocycles. The Bertz CT molecular complexity index is 580. The summed E-state index contributed by atoms with van der Waals surface area (Å²) in [5.74, 6) is 2.54. The summed E-state index contributed by atoms with van der Waals surface area (Å²) in [6.45, 7) is 23.6. The summed E-state index contributed by atoms with van der Waals surface area (Å²) in [7, 11) is 0. The summed E-state index contributed by atoms with van der Waals surface area (Å²) in [6.07, 6.45) is 9.99. The lowest BCUT2D eigenvalue weighted by Gasteiger charge is -1.68. The lowest BCUT2D eigenvalue weighted by atomic mass is 10.8. The lowest BCUT2D eigenvalue weighted by molar-refractivity contribution is 0.521. The van der Waals surface area contributed by atoms with E-state index in [1.54, 1.807) is 49.3 Å². The van der Waals surface area contributed by atoms with Gasteiger partial charge in [-0.25, -0.2) is 15.0 Å². The van der Waals surface area contributed by atoms with Crippen molar-refractivity contribution in [3.05, 3.63) is 65.3 Å². The van der Waals surface area contributed by atoms with Crippen LogP contribution in [0.4, 0.5) is 0 Å². The van der Waals surface area contributed by atoms with Crippen molar-refractivity contribution < 1.29 is 4.42 Å². The van der Waals surface area contributed by atoms with Crippen LogP contribution >= 0.6 is 11.3 Å². The maximum atomic E-state index is 4.72. The molecule has 4 heterocycles. The third kappa shape index (κ3) is 34.0. The van der Waals surface area contributed by atoms with Gasteiger partial charge >= 0.3 is 0 Å². The summed E-state index contributed by atoms with van der Waals surface area (Å²) >= 11 is 1.67. The number of thiazole rings is 1. The number of aromatic amines is 2. The third-order valence-corrected chi connectivity index (χ3v) is 2.99. The van der Waals surface area contributed by atoms with Crippen LogP contribution in [0.1, 0.15) is 85.4 Å². The Hall–Kier alpha value is -2.81. The SMILES string of the molecule is C.CC.CC.CC.CC.Cc1ncc[nH]1.Cc1ncco1.Cc1nccs1.Cc1ncn[nH]1. The standard InChI is InChI=1S/C4H6N2.C4H5NO.C4H5NS.C3H5N3.4C2H6.CH4/c3*1-4-5-2-3-6-4;1-3-4-2-5-6-3;4*1-2;/h2-3H,1H3,(H,5,6);2*2-3H,1H3;2H,1H3,(H,4,5,6);4*1-2H3;1H4. The molecule has 0 unspecified atom stereocenters. The fraction of sp³-hybridized carbons (Fsp3) is 0.542. The van der Waals surface area contributed by atoms with Crippen LogP contribution in [0.25, 0.3) is 0 Å². The Morgan fingerprint density at radius 2 is 1.33 bits per heavy atom. The van der Waals surface area contributed by atoms with Crippen molar-refractivity contribution in [2.24, 2.45) is 0 Å². The molecular weight excluding hydrogens is 434 g/mol. The molecule has 192 valence electrons. The number of imidazole rings is 1. The molecule has 0 radical (unpaired) electrons. The first-order chi connectivity index (χ1) is 15.6. The molecule has 4 aromatic heterocycles. The highest BCUT2D eigenvalue weighted by Gasteiger charge is 1.78. The summed E-state index contributed by atoms with van der Waals surface area (Å²) in [6, 6.07) is 0. The second-order valence-corrected chi connectivity index (χ2v) is 5.45. The zero-order valence-electron chi connectivity index (χ0n) is 22.1. The van der Waals surface area contributed by atoms with E-state index in [1.807, 2.05) is 81.5 Å². The highest BCUT2D eigenvalue weighted by molar-refractivity contribution is 7.09. The Balaban J connectivity index is -0.0000000950. The smallest absolute Gasteiger partial charge is 0.190 e.